The first-order chi connectivity index (χ1) is 15.5. The van der Waals surface area contributed by atoms with E-state index in [-0.39, 0.29) is 5.04 Å². The van der Waals surface area contributed by atoms with E-state index >= 15 is 0 Å². The molecule has 2 aromatic carbocycles. The highest BCUT2D eigenvalue weighted by atomic mass is 28.4. The van der Waals surface area contributed by atoms with Gasteiger partial charge in [0, 0.05) is 6.61 Å². The Balaban J connectivity index is 1.86. The molecule has 0 amide bonds. The monoisotopic (exact) mass is 451 g/mol. The van der Waals surface area contributed by atoms with E-state index in [0.29, 0.717) is 0 Å². The van der Waals surface area contributed by atoms with Crippen molar-refractivity contribution in [2.24, 2.45) is 5.73 Å². The number of nitrogens with two attached hydrogens (primary N) is 1. The largest absolute Gasteiger partial charge is 0.407 e. The second-order valence-corrected chi connectivity index (χ2v) is 14.1. The topological polar surface area (TPSA) is 35.2 Å². The molecule has 32 heavy (non-hydrogen) atoms. The third kappa shape index (κ3) is 8.02. The molecule has 0 heterocycles. The van der Waals surface area contributed by atoms with Gasteiger partial charge in [0.2, 0.25) is 0 Å². The predicted octanol–water partition coefficient (Wildman–Crippen LogP) is 6.59. The van der Waals surface area contributed by atoms with E-state index in [2.05, 4.69) is 93.6 Å². The van der Waals surface area contributed by atoms with Crippen LogP contribution in [-0.4, -0.2) is 21.5 Å². The van der Waals surface area contributed by atoms with E-state index in [9.17, 15) is 0 Å². The first-order valence-electron chi connectivity index (χ1n) is 12.6. The number of unbranched alkanes of at least 4 members (excludes halogenated alkanes) is 7. The number of rotatable bonds is 15. The summed E-state index contributed by atoms with van der Waals surface area (Å²) in [6.45, 7) is 8.70. The van der Waals surface area contributed by atoms with Crippen LogP contribution in [0.25, 0.3) is 0 Å². The Morgan fingerprint density at radius 3 is 1.66 bits per heavy atom. The van der Waals surface area contributed by atoms with Crippen molar-refractivity contribution in [1.29, 1.82) is 0 Å². The molecule has 0 atom stereocenters. The SMILES string of the molecule is CC(C)(C)[Si](OCCCCCCCC=CCCCCN)(c1ccccc1)c1ccccc1. The average Bonchev–Trinajstić information content (AvgIpc) is 2.80. The van der Waals surface area contributed by atoms with E-state index in [1.54, 1.807) is 0 Å². The van der Waals surface area contributed by atoms with Crippen LogP contribution in [0, 0.1) is 0 Å². The molecule has 0 aliphatic rings. The molecule has 0 fully saturated rings. The van der Waals surface area contributed by atoms with Gasteiger partial charge in [-0.05, 0) is 60.5 Å². The molecule has 2 aromatic rings. The Hall–Kier alpha value is -1.68. The minimum absolute atomic E-state index is 0.0617. The van der Waals surface area contributed by atoms with Gasteiger partial charge in [-0.15, -0.1) is 0 Å². The van der Waals surface area contributed by atoms with Gasteiger partial charge in [-0.3, -0.25) is 0 Å². The van der Waals surface area contributed by atoms with Crippen molar-refractivity contribution in [3.63, 3.8) is 0 Å². The zero-order chi connectivity index (χ0) is 23.1. The number of allylic oxidation sites excluding steroid dienone is 2. The summed E-state index contributed by atoms with van der Waals surface area (Å²) in [6.07, 6.45) is 15.7. The molecule has 0 aliphatic heterocycles. The van der Waals surface area contributed by atoms with Crippen LogP contribution in [0.5, 0.6) is 0 Å². The van der Waals surface area contributed by atoms with Gasteiger partial charge in [0.15, 0.2) is 0 Å². The lowest BCUT2D eigenvalue weighted by molar-refractivity contribution is 0.286. The zero-order valence-electron chi connectivity index (χ0n) is 20.7. The van der Waals surface area contributed by atoms with Gasteiger partial charge in [0.05, 0.1) is 0 Å². The highest BCUT2D eigenvalue weighted by Gasteiger charge is 2.49. The quantitative estimate of drug-likeness (QED) is 0.188. The van der Waals surface area contributed by atoms with Crippen molar-refractivity contribution < 1.29 is 4.43 Å². The normalized spacial score (nSPS) is 12.5. The lowest BCUT2D eigenvalue weighted by atomic mass is 10.1. The minimum atomic E-state index is -2.37. The van der Waals surface area contributed by atoms with Crippen molar-refractivity contribution >= 4 is 18.7 Å². The van der Waals surface area contributed by atoms with Gasteiger partial charge < -0.3 is 10.2 Å². The molecule has 2 N–H and O–H groups in total. The summed E-state index contributed by atoms with van der Waals surface area (Å²) in [5.74, 6) is 0. The predicted molar refractivity (Wildman–Crippen MR) is 143 cm³/mol. The van der Waals surface area contributed by atoms with Crippen LogP contribution in [0.15, 0.2) is 72.8 Å². The van der Waals surface area contributed by atoms with Gasteiger partial charge in [-0.25, -0.2) is 0 Å². The average molecular weight is 452 g/mol. The Kier molecular flexibility index (Phi) is 12.0. The molecule has 0 saturated heterocycles. The second-order valence-electron chi connectivity index (χ2n) is 9.82. The molecule has 0 aromatic heterocycles. The summed E-state index contributed by atoms with van der Waals surface area (Å²) in [5, 5.41) is 2.81. The Bertz CT molecular complexity index is 712. The van der Waals surface area contributed by atoms with E-state index in [4.69, 9.17) is 10.2 Å². The molecule has 2 nitrogen and oxygen atoms in total. The first kappa shape index (κ1) is 26.6. The lowest BCUT2D eigenvalue weighted by Gasteiger charge is -2.43. The van der Waals surface area contributed by atoms with Crippen LogP contribution >= 0.6 is 0 Å². The zero-order valence-corrected chi connectivity index (χ0v) is 21.7. The summed E-state index contributed by atoms with van der Waals surface area (Å²) in [4.78, 5) is 0. The van der Waals surface area contributed by atoms with Crippen LogP contribution in [0.4, 0.5) is 0 Å². The Morgan fingerprint density at radius 2 is 1.16 bits per heavy atom. The van der Waals surface area contributed by atoms with Crippen LogP contribution in [-0.2, 0) is 4.43 Å². The second kappa shape index (κ2) is 14.5. The fourth-order valence-corrected chi connectivity index (χ4v) is 9.13. The van der Waals surface area contributed by atoms with Gasteiger partial charge in [-0.2, -0.15) is 0 Å². The highest BCUT2D eigenvalue weighted by Crippen LogP contribution is 2.36. The maximum absolute atomic E-state index is 6.98. The number of hydrogen-bond acceptors (Lipinski definition) is 2. The van der Waals surface area contributed by atoms with Gasteiger partial charge in [0.1, 0.15) is 0 Å². The molecule has 2 rings (SSSR count). The lowest BCUT2D eigenvalue weighted by Crippen LogP contribution is -2.66. The summed E-state index contributed by atoms with van der Waals surface area (Å²) in [5.41, 5.74) is 5.53. The van der Waals surface area contributed by atoms with Crippen LogP contribution in [0.1, 0.15) is 78.6 Å². The standard InChI is InChI=1S/C29H45NOSi/c1-29(2,3)32(27-21-15-13-16-22-27,28-23-17-14-18-24-28)31-26-20-12-10-8-6-4-5-7-9-11-19-25-30/h5,7,13-18,21-24H,4,6,8-12,19-20,25-26,30H2,1-3H3. The summed E-state index contributed by atoms with van der Waals surface area (Å²) < 4.78 is 6.98. The first-order valence-corrected chi connectivity index (χ1v) is 14.5. The third-order valence-corrected chi connectivity index (χ3v) is 11.3. The molecule has 0 radical (unpaired) electrons. The van der Waals surface area contributed by atoms with Gasteiger partial charge >= 0.3 is 0 Å². The van der Waals surface area contributed by atoms with Crippen molar-refractivity contribution in [3.05, 3.63) is 72.8 Å². The molecule has 0 unspecified atom stereocenters. The molecule has 3 heteroatoms. The van der Waals surface area contributed by atoms with E-state index < -0.39 is 8.32 Å². The smallest absolute Gasteiger partial charge is 0.261 e. The van der Waals surface area contributed by atoms with E-state index in [1.165, 1.54) is 55.3 Å². The van der Waals surface area contributed by atoms with E-state index in [0.717, 1.165) is 26.0 Å². The number of hydrogen-bond donors (Lipinski definition) is 1. The third-order valence-electron chi connectivity index (χ3n) is 6.24. The van der Waals surface area contributed by atoms with Crippen molar-refractivity contribution in [3.8, 4) is 0 Å². The van der Waals surface area contributed by atoms with Gasteiger partial charge in [-0.1, -0.05) is 113 Å². The van der Waals surface area contributed by atoms with Crippen molar-refractivity contribution in [1.82, 2.24) is 0 Å². The molecule has 0 saturated carbocycles. The summed E-state index contributed by atoms with van der Waals surface area (Å²) >= 11 is 0. The van der Waals surface area contributed by atoms with Gasteiger partial charge in [0.25, 0.3) is 8.32 Å². The number of benzene rings is 2. The molecular weight excluding hydrogens is 406 g/mol. The summed E-state index contributed by atoms with van der Waals surface area (Å²) in [7, 11) is -2.37. The van der Waals surface area contributed by atoms with Crippen LogP contribution in [0.2, 0.25) is 5.04 Å². The molecule has 0 aliphatic carbocycles. The van der Waals surface area contributed by atoms with Crippen molar-refractivity contribution in [2.45, 2.75) is 83.6 Å². The molecule has 0 spiro atoms. The fourth-order valence-electron chi connectivity index (χ4n) is 4.52. The van der Waals surface area contributed by atoms with E-state index in [1.807, 2.05) is 0 Å². The Labute approximate surface area is 198 Å². The minimum Gasteiger partial charge on any atom is -0.407 e. The maximum atomic E-state index is 6.98. The molecule has 176 valence electrons. The molecular formula is C29H45NOSi. The maximum Gasteiger partial charge on any atom is 0.261 e. The highest BCUT2D eigenvalue weighted by molar-refractivity contribution is 6.99. The fraction of sp³-hybridized carbons (Fsp3) is 0.517. The van der Waals surface area contributed by atoms with Crippen LogP contribution in [0.3, 0.4) is 0 Å². The Morgan fingerprint density at radius 1 is 0.688 bits per heavy atom. The van der Waals surface area contributed by atoms with Crippen molar-refractivity contribution in [2.75, 3.05) is 13.2 Å². The summed E-state index contributed by atoms with van der Waals surface area (Å²) in [6, 6.07) is 21.9. The van der Waals surface area contributed by atoms with Crippen LogP contribution < -0.4 is 16.1 Å². The molecule has 0 bridgehead atoms.